The van der Waals surface area contributed by atoms with Gasteiger partial charge in [0.05, 0.1) is 12.4 Å². The third kappa shape index (κ3) is 3.16. The fraction of sp³-hybridized carbons (Fsp3) is 0.333. The Bertz CT molecular complexity index is 393. The molecule has 0 saturated heterocycles. The fourth-order valence-corrected chi connectivity index (χ4v) is 1.10. The Morgan fingerprint density at radius 3 is 2.62 bits per heavy atom. The number of carboxylic acids is 1. The maximum absolute atomic E-state index is 11.5. The molecule has 86 valence electrons. The summed E-state index contributed by atoms with van der Waals surface area (Å²) in [6.45, 7) is 1.66. The highest BCUT2D eigenvalue weighted by Crippen LogP contribution is 2.02. The first-order valence-electron chi connectivity index (χ1n) is 4.55. The number of aliphatic carboxylic acids is 1. The quantitative estimate of drug-likeness (QED) is 0.813. The van der Waals surface area contributed by atoms with Crippen LogP contribution in [0.15, 0.2) is 12.4 Å². The van der Waals surface area contributed by atoms with Crippen LogP contribution in [0.25, 0.3) is 0 Å². The Kier molecular flexibility index (Phi) is 4.19. The molecule has 0 aliphatic heterocycles. The average molecular weight is 244 g/mol. The van der Waals surface area contributed by atoms with Gasteiger partial charge < -0.3 is 10.4 Å². The van der Waals surface area contributed by atoms with Crippen molar-refractivity contribution in [2.45, 2.75) is 19.4 Å². The number of amides is 1. The average Bonchev–Trinajstić information content (AvgIpc) is 2.26. The zero-order chi connectivity index (χ0) is 12.1. The number of hydrogen-bond donors (Lipinski definition) is 2. The summed E-state index contributed by atoms with van der Waals surface area (Å²) in [4.78, 5) is 29.6. The molecule has 0 aliphatic rings. The van der Waals surface area contributed by atoms with Crippen LogP contribution < -0.4 is 5.32 Å². The van der Waals surface area contributed by atoms with Crippen molar-refractivity contribution in [2.24, 2.45) is 0 Å². The van der Waals surface area contributed by atoms with Crippen LogP contribution >= 0.6 is 11.6 Å². The van der Waals surface area contributed by atoms with Crippen molar-refractivity contribution in [1.82, 2.24) is 15.3 Å². The van der Waals surface area contributed by atoms with E-state index in [1.807, 2.05) is 0 Å². The minimum Gasteiger partial charge on any atom is -0.480 e. The smallest absolute Gasteiger partial charge is 0.326 e. The van der Waals surface area contributed by atoms with Crippen LogP contribution in [0.2, 0.25) is 5.15 Å². The van der Waals surface area contributed by atoms with Crippen LogP contribution in [0.5, 0.6) is 0 Å². The highest BCUT2D eigenvalue weighted by Gasteiger charge is 2.19. The molecule has 1 aromatic heterocycles. The number of halogens is 1. The molecule has 1 amide bonds. The van der Waals surface area contributed by atoms with Gasteiger partial charge in [-0.3, -0.25) is 4.79 Å². The third-order valence-electron chi connectivity index (χ3n) is 1.86. The van der Waals surface area contributed by atoms with E-state index in [1.165, 1.54) is 12.4 Å². The molecule has 1 atom stereocenters. The number of nitrogens with one attached hydrogen (secondary N) is 1. The number of carboxylic acid groups (broad SMARTS) is 1. The molecular formula is C9H10ClN3O3. The molecule has 1 heterocycles. The Morgan fingerprint density at radius 1 is 1.50 bits per heavy atom. The number of hydrogen-bond acceptors (Lipinski definition) is 4. The van der Waals surface area contributed by atoms with Crippen molar-refractivity contribution < 1.29 is 14.7 Å². The summed E-state index contributed by atoms with van der Waals surface area (Å²) in [6, 6.07) is -0.926. The van der Waals surface area contributed by atoms with Crippen molar-refractivity contribution in [3.8, 4) is 0 Å². The van der Waals surface area contributed by atoms with Crippen molar-refractivity contribution in [2.75, 3.05) is 0 Å². The van der Waals surface area contributed by atoms with Gasteiger partial charge >= 0.3 is 5.97 Å². The van der Waals surface area contributed by atoms with E-state index in [9.17, 15) is 9.59 Å². The topological polar surface area (TPSA) is 92.2 Å². The molecule has 7 heteroatoms. The lowest BCUT2D eigenvalue weighted by atomic mass is 10.2. The predicted octanol–water partition coefficient (Wildman–Crippen LogP) is 0.723. The maximum Gasteiger partial charge on any atom is 0.326 e. The summed E-state index contributed by atoms with van der Waals surface area (Å²) < 4.78 is 0. The minimum atomic E-state index is -1.09. The normalized spacial score (nSPS) is 11.9. The Labute approximate surface area is 96.7 Å². The van der Waals surface area contributed by atoms with Crippen LogP contribution in [0.4, 0.5) is 0 Å². The van der Waals surface area contributed by atoms with Gasteiger partial charge in [0, 0.05) is 0 Å². The third-order valence-corrected chi connectivity index (χ3v) is 2.06. The van der Waals surface area contributed by atoms with Crippen molar-refractivity contribution in [1.29, 1.82) is 0 Å². The fourth-order valence-electron chi connectivity index (χ4n) is 1.00. The van der Waals surface area contributed by atoms with Gasteiger partial charge in [0.1, 0.15) is 16.9 Å². The highest BCUT2D eigenvalue weighted by molar-refractivity contribution is 6.29. The van der Waals surface area contributed by atoms with Crippen molar-refractivity contribution in [3.05, 3.63) is 23.2 Å². The molecule has 6 nitrogen and oxygen atoms in total. The molecule has 0 aliphatic carbocycles. The van der Waals surface area contributed by atoms with Gasteiger partial charge in [0.15, 0.2) is 0 Å². The Balaban J connectivity index is 2.71. The van der Waals surface area contributed by atoms with Crippen LogP contribution in [-0.2, 0) is 4.79 Å². The summed E-state index contributed by atoms with van der Waals surface area (Å²) in [5.74, 6) is -1.67. The number of carbonyl (C=O) groups excluding carboxylic acids is 1. The molecule has 0 spiro atoms. The highest BCUT2D eigenvalue weighted by atomic mass is 35.5. The predicted molar refractivity (Wildman–Crippen MR) is 56.2 cm³/mol. The number of aromatic nitrogens is 2. The first-order valence-corrected chi connectivity index (χ1v) is 4.93. The van der Waals surface area contributed by atoms with Gasteiger partial charge in [-0.25, -0.2) is 14.8 Å². The van der Waals surface area contributed by atoms with E-state index in [1.54, 1.807) is 6.92 Å². The summed E-state index contributed by atoms with van der Waals surface area (Å²) in [5, 5.41) is 11.2. The van der Waals surface area contributed by atoms with Crippen LogP contribution in [0.3, 0.4) is 0 Å². The second kappa shape index (κ2) is 5.41. The molecular weight excluding hydrogens is 234 g/mol. The van der Waals surface area contributed by atoms with E-state index in [2.05, 4.69) is 15.3 Å². The molecule has 16 heavy (non-hydrogen) atoms. The molecule has 0 aromatic carbocycles. The van der Waals surface area contributed by atoms with Gasteiger partial charge in [-0.2, -0.15) is 0 Å². The zero-order valence-electron chi connectivity index (χ0n) is 8.48. The van der Waals surface area contributed by atoms with Gasteiger partial charge in [0.25, 0.3) is 5.91 Å². The summed E-state index contributed by atoms with van der Waals surface area (Å²) >= 11 is 5.50. The molecule has 0 radical (unpaired) electrons. The molecule has 1 aromatic rings. The minimum absolute atomic E-state index is 0.0316. The molecule has 1 rings (SSSR count). The first-order chi connectivity index (χ1) is 7.54. The van der Waals surface area contributed by atoms with E-state index in [-0.39, 0.29) is 10.8 Å². The van der Waals surface area contributed by atoms with Crippen LogP contribution in [-0.4, -0.2) is 33.0 Å². The van der Waals surface area contributed by atoms with Crippen LogP contribution in [0.1, 0.15) is 23.8 Å². The van der Waals surface area contributed by atoms with E-state index < -0.39 is 17.9 Å². The molecule has 1 unspecified atom stereocenters. The Hall–Kier alpha value is -1.69. The Morgan fingerprint density at radius 2 is 2.19 bits per heavy atom. The largest absolute Gasteiger partial charge is 0.480 e. The lowest BCUT2D eigenvalue weighted by Gasteiger charge is -2.11. The van der Waals surface area contributed by atoms with Crippen molar-refractivity contribution in [3.63, 3.8) is 0 Å². The second-order valence-electron chi connectivity index (χ2n) is 3.00. The van der Waals surface area contributed by atoms with E-state index in [0.29, 0.717) is 6.42 Å². The monoisotopic (exact) mass is 243 g/mol. The number of carbonyl (C=O) groups is 2. The SMILES string of the molecule is CCC(NC(=O)c1cnc(Cl)cn1)C(=O)O. The van der Waals surface area contributed by atoms with Gasteiger partial charge in [-0.1, -0.05) is 18.5 Å². The summed E-state index contributed by atoms with van der Waals surface area (Å²) in [6.07, 6.45) is 2.70. The van der Waals surface area contributed by atoms with Crippen molar-refractivity contribution >= 4 is 23.5 Å². The van der Waals surface area contributed by atoms with Crippen LogP contribution in [0, 0.1) is 0 Å². The number of nitrogens with zero attached hydrogens (tertiary/aromatic N) is 2. The number of rotatable bonds is 4. The van der Waals surface area contributed by atoms with Gasteiger partial charge in [-0.15, -0.1) is 0 Å². The molecule has 0 fully saturated rings. The van der Waals surface area contributed by atoms with E-state index in [0.717, 1.165) is 0 Å². The second-order valence-corrected chi connectivity index (χ2v) is 3.38. The molecule has 2 N–H and O–H groups in total. The molecule has 0 saturated carbocycles. The summed E-state index contributed by atoms with van der Waals surface area (Å²) in [7, 11) is 0. The molecule has 0 bridgehead atoms. The van der Waals surface area contributed by atoms with Gasteiger partial charge in [-0.05, 0) is 6.42 Å². The van der Waals surface area contributed by atoms with E-state index >= 15 is 0 Å². The summed E-state index contributed by atoms with van der Waals surface area (Å²) in [5.41, 5.74) is 0.0316. The first kappa shape index (κ1) is 12.4. The standard InChI is InChI=1S/C9H10ClN3O3/c1-2-5(9(15)16)13-8(14)6-3-12-7(10)4-11-6/h3-5H,2H2,1H3,(H,13,14)(H,15,16). The lowest BCUT2D eigenvalue weighted by molar-refractivity contribution is -0.139. The van der Waals surface area contributed by atoms with E-state index in [4.69, 9.17) is 16.7 Å². The lowest BCUT2D eigenvalue weighted by Crippen LogP contribution is -2.40. The maximum atomic E-state index is 11.5. The zero-order valence-corrected chi connectivity index (χ0v) is 9.23. The van der Waals surface area contributed by atoms with Gasteiger partial charge in [0.2, 0.25) is 0 Å².